The van der Waals surface area contributed by atoms with E-state index in [1.54, 1.807) is 11.8 Å². The number of rotatable bonds is 11. The molecule has 2 unspecified atom stereocenters. The maximum Gasteiger partial charge on any atom is 0.191 e. The first-order chi connectivity index (χ1) is 14.7. The molecule has 2 saturated carbocycles. The number of hydrogen-bond acceptors (Lipinski definition) is 10. The molecule has 1 aromatic rings. The van der Waals surface area contributed by atoms with Gasteiger partial charge in [0, 0.05) is 18.4 Å². The van der Waals surface area contributed by atoms with Crippen LogP contribution in [0.4, 0.5) is 17.3 Å². The van der Waals surface area contributed by atoms with Gasteiger partial charge in [0.2, 0.25) is 0 Å². The monoisotopic (exact) mass is 457 g/mol. The summed E-state index contributed by atoms with van der Waals surface area (Å²) in [4.78, 5) is 8.80. The molecule has 3 rings (SSSR count). The van der Waals surface area contributed by atoms with Gasteiger partial charge in [-0.05, 0) is 58.3 Å². The molecule has 7 N–H and O–H groups in total. The van der Waals surface area contributed by atoms with E-state index in [2.05, 4.69) is 22.2 Å². The molecule has 0 saturated heterocycles. The van der Waals surface area contributed by atoms with Gasteiger partial charge in [0.1, 0.15) is 5.69 Å². The number of hydrogen-bond donors (Lipinski definition) is 5. The molecular formula is C21H39N5O4S. The average molecular weight is 458 g/mol. The van der Waals surface area contributed by atoms with Crippen LogP contribution in [0.25, 0.3) is 0 Å². The molecule has 1 aromatic heterocycles. The van der Waals surface area contributed by atoms with E-state index in [4.69, 9.17) is 31.2 Å². The summed E-state index contributed by atoms with van der Waals surface area (Å²) in [5, 5.41) is 20.3. The predicted octanol–water partition coefficient (Wildman–Crippen LogP) is 2.63. The van der Waals surface area contributed by atoms with Gasteiger partial charge in [-0.1, -0.05) is 18.7 Å². The molecule has 0 aliphatic heterocycles. The van der Waals surface area contributed by atoms with Gasteiger partial charge < -0.3 is 36.5 Å². The largest absolute Gasteiger partial charge is 0.393 e. The Morgan fingerprint density at radius 2 is 1.84 bits per heavy atom. The van der Waals surface area contributed by atoms with Crippen molar-refractivity contribution in [1.82, 2.24) is 9.97 Å². The number of anilines is 3. The quantitative estimate of drug-likeness (QED) is 0.145. The van der Waals surface area contributed by atoms with Crippen molar-refractivity contribution < 1.29 is 19.7 Å². The summed E-state index contributed by atoms with van der Waals surface area (Å²) in [6.07, 6.45) is 7.01. The minimum Gasteiger partial charge on any atom is -0.393 e. The molecule has 2 fully saturated rings. The summed E-state index contributed by atoms with van der Waals surface area (Å²) < 4.78 is 11.6. The summed E-state index contributed by atoms with van der Waals surface area (Å²) in [6, 6.07) is 0.299. The smallest absolute Gasteiger partial charge is 0.191 e. The van der Waals surface area contributed by atoms with Crippen LogP contribution in [0.15, 0.2) is 5.16 Å². The maximum atomic E-state index is 8.08. The molecule has 31 heavy (non-hydrogen) atoms. The van der Waals surface area contributed by atoms with Gasteiger partial charge in [-0.3, -0.25) is 0 Å². The summed E-state index contributed by atoms with van der Waals surface area (Å²) in [5.41, 5.74) is 12.4. The number of nitrogen functional groups attached to an aromatic ring is 2. The van der Waals surface area contributed by atoms with Gasteiger partial charge in [-0.2, -0.15) is 0 Å². The first-order valence-electron chi connectivity index (χ1n) is 11.1. The topological polar surface area (TPSA) is 149 Å². The van der Waals surface area contributed by atoms with Crippen molar-refractivity contribution in [2.24, 2.45) is 5.92 Å². The van der Waals surface area contributed by atoms with Crippen molar-refractivity contribution in [3.63, 3.8) is 0 Å². The van der Waals surface area contributed by atoms with Crippen LogP contribution < -0.4 is 16.8 Å². The molecule has 10 heteroatoms. The van der Waals surface area contributed by atoms with E-state index in [1.807, 2.05) is 0 Å². The van der Waals surface area contributed by atoms with E-state index in [1.165, 1.54) is 26.7 Å². The van der Waals surface area contributed by atoms with Crippen LogP contribution >= 0.6 is 11.8 Å². The highest BCUT2D eigenvalue weighted by molar-refractivity contribution is 7.99. The fraction of sp³-hybridized carbons (Fsp3) is 0.810. The Kier molecular flexibility index (Phi) is 10.6. The van der Waals surface area contributed by atoms with Crippen LogP contribution in [0, 0.1) is 5.92 Å². The Balaban J connectivity index is 0.000000614. The molecule has 9 nitrogen and oxygen atoms in total. The lowest BCUT2D eigenvalue weighted by Crippen LogP contribution is -2.21. The second kappa shape index (κ2) is 12.6. The van der Waals surface area contributed by atoms with Crippen molar-refractivity contribution in [3.05, 3.63) is 0 Å². The van der Waals surface area contributed by atoms with Crippen molar-refractivity contribution >= 4 is 29.1 Å². The number of nitrogens with one attached hydrogen (secondary N) is 1. The Bertz CT molecular complexity index is 664. The molecule has 2 atom stereocenters. The Morgan fingerprint density at radius 3 is 2.48 bits per heavy atom. The predicted molar refractivity (Wildman–Crippen MR) is 125 cm³/mol. The van der Waals surface area contributed by atoms with Crippen molar-refractivity contribution in [1.29, 1.82) is 0 Å². The molecule has 0 radical (unpaired) electrons. The fourth-order valence-corrected chi connectivity index (χ4v) is 3.76. The molecule has 2 aliphatic rings. The summed E-state index contributed by atoms with van der Waals surface area (Å²) in [5.74, 6) is 1.26. The standard InChI is InChI=1S/C18H31N5O2S.C3H8O2/c1-2-9-26-18-22-16(20)15(19)17(23-18)21-13-5-6-14(10-13)25-8-7-24-11-12-3-4-12;1-3(2,4)5/h12-14H,2-11,19H2,1H3,(H3,20,21,22,23);4-5H,1-2H3. The number of nitrogens with zero attached hydrogens (tertiary/aromatic N) is 2. The number of ether oxygens (including phenoxy) is 2. The number of thioether (sulfide) groups is 1. The highest BCUT2D eigenvalue weighted by atomic mass is 32.2. The summed E-state index contributed by atoms with van der Waals surface area (Å²) in [6.45, 7) is 6.98. The minimum atomic E-state index is -1.50. The van der Waals surface area contributed by atoms with E-state index in [-0.39, 0.29) is 6.10 Å². The maximum absolute atomic E-state index is 8.08. The van der Waals surface area contributed by atoms with E-state index in [0.29, 0.717) is 41.7 Å². The third-order valence-corrected chi connectivity index (χ3v) is 5.80. The van der Waals surface area contributed by atoms with Crippen LogP contribution in [0.3, 0.4) is 0 Å². The minimum absolute atomic E-state index is 0.270. The fourth-order valence-electron chi connectivity index (χ4n) is 3.06. The Morgan fingerprint density at radius 1 is 1.13 bits per heavy atom. The second-order valence-electron chi connectivity index (χ2n) is 8.66. The van der Waals surface area contributed by atoms with Crippen molar-refractivity contribution in [2.75, 3.05) is 42.4 Å². The normalized spacial score (nSPS) is 20.9. The number of nitrogens with two attached hydrogens (primary N) is 2. The molecule has 1 heterocycles. The molecule has 0 bridgehead atoms. The summed E-state index contributed by atoms with van der Waals surface area (Å²) >= 11 is 1.60. The third kappa shape index (κ3) is 11.2. The van der Waals surface area contributed by atoms with E-state index in [0.717, 1.165) is 44.0 Å². The SMILES string of the molecule is CC(C)(O)O.CCCSc1nc(N)c(N)c(NC2CCC(OCCOCC3CC3)C2)n1. The lowest BCUT2D eigenvalue weighted by atomic mass is 10.2. The zero-order valence-corrected chi connectivity index (χ0v) is 19.8. The van der Waals surface area contributed by atoms with Gasteiger partial charge in [0.15, 0.2) is 22.6 Å². The van der Waals surface area contributed by atoms with Crippen LogP contribution in [0.2, 0.25) is 0 Å². The highest BCUT2D eigenvalue weighted by Crippen LogP contribution is 2.31. The molecule has 178 valence electrons. The van der Waals surface area contributed by atoms with Gasteiger partial charge in [-0.25, -0.2) is 9.97 Å². The number of aliphatic hydroxyl groups is 2. The van der Waals surface area contributed by atoms with E-state index < -0.39 is 5.79 Å². The van der Waals surface area contributed by atoms with Crippen molar-refractivity contribution in [3.8, 4) is 0 Å². The van der Waals surface area contributed by atoms with Gasteiger partial charge in [0.05, 0.1) is 19.3 Å². The molecule has 2 aliphatic carbocycles. The molecule has 0 spiro atoms. The van der Waals surface area contributed by atoms with Crippen LogP contribution in [0.5, 0.6) is 0 Å². The third-order valence-electron chi connectivity index (χ3n) is 4.75. The van der Waals surface area contributed by atoms with Crippen molar-refractivity contribution in [2.45, 2.75) is 82.4 Å². The van der Waals surface area contributed by atoms with Crippen LogP contribution in [-0.2, 0) is 9.47 Å². The lowest BCUT2D eigenvalue weighted by molar-refractivity contribution is -0.127. The molecular weight excluding hydrogens is 418 g/mol. The second-order valence-corrected chi connectivity index (χ2v) is 9.72. The van der Waals surface area contributed by atoms with Gasteiger partial charge in [-0.15, -0.1) is 0 Å². The number of aromatic nitrogens is 2. The van der Waals surface area contributed by atoms with Gasteiger partial charge >= 0.3 is 0 Å². The summed E-state index contributed by atoms with van der Waals surface area (Å²) in [7, 11) is 0. The molecule has 0 aromatic carbocycles. The lowest BCUT2D eigenvalue weighted by Gasteiger charge is -2.17. The Labute approximate surface area is 189 Å². The highest BCUT2D eigenvalue weighted by Gasteiger charge is 2.27. The Hall–Kier alpha value is -1.33. The zero-order chi connectivity index (χ0) is 22.9. The molecule has 0 amide bonds. The van der Waals surface area contributed by atoms with Crippen LogP contribution in [-0.4, -0.2) is 63.7 Å². The zero-order valence-electron chi connectivity index (χ0n) is 19.0. The van der Waals surface area contributed by atoms with E-state index in [9.17, 15) is 0 Å². The van der Waals surface area contributed by atoms with E-state index >= 15 is 0 Å². The first-order valence-corrected chi connectivity index (χ1v) is 12.1. The average Bonchev–Trinajstić information content (AvgIpc) is 3.40. The van der Waals surface area contributed by atoms with Gasteiger partial charge in [0.25, 0.3) is 0 Å². The van der Waals surface area contributed by atoms with Crippen LogP contribution in [0.1, 0.15) is 59.3 Å². The first kappa shape index (κ1) is 25.9.